The van der Waals surface area contributed by atoms with Gasteiger partial charge in [-0.15, -0.1) is 0 Å². The van der Waals surface area contributed by atoms with Gasteiger partial charge in [-0.05, 0) is 36.4 Å². The van der Waals surface area contributed by atoms with Crippen LogP contribution >= 0.6 is 0 Å². The molecule has 0 spiro atoms. The normalized spacial score (nSPS) is 10.2. The molecule has 0 saturated carbocycles. The molecule has 0 radical (unpaired) electrons. The first-order valence-electron chi connectivity index (χ1n) is 5.44. The van der Waals surface area contributed by atoms with E-state index in [1.54, 1.807) is 31.2 Å². The maximum absolute atomic E-state index is 13.6. The molecule has 2 rings (SSSR count). The molecule has 0 unspecified atom stereocenters. The second kappa shape index (κ2) is 5.04. The van der Waals surface area contributed by atoms with Crippen LogP contribution in [-0.2, 0) is 0 Å². The Morgan fingerprint density at radius 3 is 2.22 bits per heavy atom. The molecule has 2 aromatic carbocycles. The average Bonchev–Trinajstić information content (AvgIpc) is 2.38. The van der Waals surface area contributed by atoms with Crippen LogP contribution in [0.15, 0.2) is 42.5 Å². The van der Waals surface area contributed by atoms with Gasteiger partial charge in [-0.1, -0.05) is 0 Å². The van der Waals surface area contributed by atoms with Crippen molar-refractivity contribution >= 4 is 11.4 Å². The zero-order valence-electron chi connectivity index (χ0n) is 10.2. The van der Waals surface area contributed by atoms with E-state index < -0.39 is 11.6 Å². The van der Waals surface area contributed by atoms with Crippen LogP contribution in [0, 0.1) is 11.6 Å². The van der Waals surface area contributed by atoms with Crippen LogP contribution in [0.5, 0.6) is 5.75 Å². The third-order valence-corrected chi connectivity index (χ3v) is 2.73. The lowest BCUT2D eigenvalue weighted by Crippen LogP contribution is -2.11. The topological polar surface area (TPSA) is 12.5 Å². The van der Waals surface area contributed by atoms with Crippen LogP contribution in [0.4, 0.5) is 20.2 Å². The van der Waals surface area contributed by atoms with Crippen molar-refractivity contribution in [3.05, 3.63) is 54.1 Å². The summed E-state index contributed by atoms with van der Waals surface area (Å²) in [5, 5.41) is 0. The molecule has 0 atom stereocenters. The number of anilines is 2. The Hall–Kier alpha value is -2.10. The Bertz CT molecular complexity index is 540. The van der Waals surface area contributed by atoms with Gasteiger partial charge in [0, 0.05) is 18.8 Å². The van der Waals surface area contributed by atoms with Crippen LogP contribution in [0.1, 0.15) is 0 Å². The van der Waals surface area contributed by atoms with Crippen molar-refractivity contribution < 1.29 is 13.5 Å². The van der Waals surface area contributed by atoms with E-state index >= 15 is 0 Å². The number of halogens is 2. The zero-order chi connectivity index (χ0) is 13.1. The summed E-state index contributed by atoms with van der Waals surface area (Å²) in [6, 6.07) is 10.7. The van der Waals surface area contributed by atoms with Crippen molar-refractivity contribution in [1.82, 2.24) is 0 Å². The molecule has 0 heterocycles. The molecule has 0 amide bonds. The zero-order valence-corrected chi connectivity index (χ0v) is 10.2. The molecular weight excluding hydrogens is 236 g/mol. The fourth-order valence-electron chi connectivity index (χ4n) is 1.70. The van der Waals surface area contributed by atoms with Gasteiger partial charge in [0.2, 0.25) is 0 Å². The van der Waals surface area contributed by atoms with Crippen molar-refractivity contribution in [1.29, 1.82) is 0 Å². The molecule has 2 nitrogen and oxygen atoms in total. The van der Waals surface area contributed by atoms with Crippen LogP contribution in [-0.4, -0.2) is 14.2 Å². The molecule has 18 heavy (non-hydrogen) atoms. The smallest absolute Gasteiger partial charge is 0.149 e. The summed E-state index contributed by atoms with van der Waals surface area (Å²) in [6.07, 6.45) is 0. The van der Waals surface area contributed by atoms with E-state index in [2.05, 4.69) is 0 Å². The lowest BCUT2D eigenvalue weighted by atomic mass is 10.2. The van der Waals surface area contributed by atoms with Gasteiger partial charge >= 0.3 is 0 Å². The molecule has 4 heteroatoms. The Morgan fingerprint density at radius 2 is 1.67 bits per heavy atom. The fraction of sp³-hybridized carbons (Fsp3) is 0.143. The van der Waals surface area contributed by atoms with E-state index in [1.807, 2.05) is 12.1 Å². The first kappa shape index (κ1) is 12.4. The van der Waals surface area contributed by atoms with Gasteiger partial charge in [0.1, 0.15) is 17.4 Å². The van der Waals surface area contributed by atoms with Crippen molar-refractivity contribution in [2.45, 2.75) is 0 Å². The molecule has 0 aliphatic rings. The predicted octanol–water partition coefficient (Wildman–Crippen LogP) is 3.74. The summed E-state index contributed by atoms with van der Waals surface area (Å²) < 4.78 is 31.5. The Balaban J connectivity index is 2.31. The van der Waals surface area contributed by atoms with E-state index in [4.69, 9.17) is 4.74 Å². The number of ether oxygens (including phenoxy) is 1. The van der Waals surface area contributed by atoms with Gasteiger partial charge in [-0.2, -0.15) is 0 Å². The predicted molar refractivity (Wildman–Crippen MR) is 67.4 cm³/mol. The summed E-state index contributed by atoms with van der Waals surface area (Å²) in [4.78, 5) is 1.65. The number of methoxy groups -OCH3 is 1. The van der Waals surface area contributed by atoms with Crippen molar-refractivity contribution in [3.63, 3.8) is 0 Å². The highest BCUT2D eigenvalue weighted by Gasteiger charge is 2.10. The monoisotopic (exact) mass is 249 g/mol. The molecule has 2 aromatic rings. The SMILES string of the molecule is COc1ccc(N(C)c2ccc(F)cc2F)cc1. The quantitative estimate of drug-likeness (QED) is 0.821. The standard InChI is InChI=1S/C14H13F2NO/c1-17(11-4-6-12(18-2)7-5-11)14-8-3-10(15)9-13(14)16/h3-9H,1-2H3. The van der Waals surface area contributed by atoms with Gasteiger partial charge in [0.15, 0.2) is 0 Å². The Morgan fingerprint density at radius 1 is 1.00 bits per heavy atom. The third kappa shape index (κ3) is 2.42. The molecule has 0 N–H and O–H groups in total. The van der Waals surface area contributed by atoms with Gasteiger partial charge < -0.3 is 9.64 Å². The highest BCUT2D eigenvalue weighted by Crippen LogP contribution is 2.27. The van der Waals surface area contributed by atoms with E-state index in [0.717, 1.165) is 17.5 Å². The highest BCUT2D eigenvalue weighted by atomic mass is 19.1. The summed E-state index contributed by atoms with van der Waals surface area (Å²) >= 11 is 0. The molecule has 0 bridgehead atoms. The fourth-order valence-corrected chi connectivity index (χ4v) is 1.70. The molecular formula is C14H13F2NO. The maximum Gasteiger partial charge on any atom is 0.149 e. The number of nitrogens with zero attached hydrogens (tertiary/aromatic N) is 1. The molecule has 0 fully saturated rings. The van der Waals surface area contributed by atoms with Gasteiger partial charge in [0.05, 0.1) is 12.8 Å². The number of hydrogen-bond donors (Lipinski definition) is 0. The molecule has 0 saturated heterocycles. The summed E-state index contributed by atoms with van der Waals surface area (Å²) in [7, 11) is 3.30. The molecule has 0 aliphatic heterocycles. The van der Waals surface area contributed by atoms with E-state index in [-0.39, 0.29) is 0 Å². The van der Waals surface area contributed by atoms with Gasteiger partial charge in [0.25, 0.3) is 0 Å². The number of hydrogen-bond acceptors (Lipinski definition) is 2. The number of benzene rings is 2. The molecule has 0 aromatic heterocycles. The average molecular weight is 249 g/mol. The largest absolute Gasteiger partial charge is 0.497 e. The van der Waals surface area contributed by atoms with Crippen LogP contribution < -0.4 is 9.64 Å². The van der Waals surface area contributed by atoms with Crippen LogP contribution in [0.25, 0.3) is 0 Å². The van der Waals surface area contributed by atoms with Crippen molar-refractivity contribution in [3.8, 4) is 5.75 Å². The third-order valence-electron chi connectivity index (χ3n) is 2.73. The van der Waals surface area contributed by atoms with Gasteiger partial charge in [-0.25, -0.2) is 8.78 Å². The lowest BCUT2D eigenvalue weighted by molar-refractivity contribution is 0.415. The first-order chi connectivity index (χ1) is 8.61. The van der Waals surface area contributed by atoms with E-state index in [1.165, 1.54) is 12.1 Å². The lowest BCUT2D eigenvalue weighted by Gasteiger charge is -2.20. The Labute approximate surface area is 104 Å². The number of rotatable bonds is 3. The van der Waals surface area contributed by atoms with Crippen molar-refractivity contribution in [2.24, 2.45) is 0 Å². The minimum atomic E-state index is -0.590. The van der Waals surface area contributed by atoms with E-state index in [9.17, 15) is 8.78 Å². The molecule has 0 aliphatic carbocycles. The second-order valence-corrected chi connectivity index (χ2v) is 3.85. The highest BCUT2D eigenvalue weighted by molar-refractivity contribution is 5.63. The second-order valence-electron chi connectivity index (χ2n) is 3.85. The summed E-state index contributed by atoms with van der Waals surface area (Å²) in [5.41, 5.74) is 1.11. The first-order valence-corrected chi connectivity index (χ1v) is 5.44. The Kier molecular flexibility index (Phi) is 3.46. The minimum Gasteiger partial charge on any atom is -0.497 e. The van der Waals surface area contributed by atoms with Gasteiger partial charge in [-0.3, -0.25) is 0 Å². The summed E-state index contributed by atoms with van der Waals surface area (Å²) in [5.74, 6) is -0.445. The van der Waals surface area contributed by atoms with Crippen LogP contribution in [0.2, 0.25) is 0 Å². The maximum atomic E-state index is 13.6. The van der Waals surface area contributed by atoms with E-state index in [0.29, 0.717) is 5.69 Å². The summed E-state index contributed by atoms with van der Waals surface area (Å²) in [6.45, 7) is 0. The minimum absolute atomic E-state index is 0.321. The van der Waals surface area contributed by atoms with Crippen LogP contribution in [0.3, 0.4) is 0 Å². The van der Waals surface area contributed by atoms with Crippen molar-refractivity contribution in [2.75, 3.05) is 19.1 Å². The molecule has 94 valence electrons.